The average Bonchev–Trinajstić information content (AvgIpc) is 2.84. The Bertz CT molecular complexity index is 1260. The van der Waals surface area contributed by atoms with Gasteiger partial charge in [0, 0.05) is 5.56 Å². The number of nitriles is 1. The van der Waals surface area contributed by atoms with Gasteiger partial charge in [-0.2, -0.15) is 18.4 Å². The lowest BCUT2D eigenvalue weighted by Gasteiger charge is -2.19. The largest absolute Gasteiger partial charge is 0.454 e. The molecule has 3 rings (SSSR count). The molecule has 3 aromatic carbocycles. The van der Waals surface area contributed by atoms with Crippen molar-refractivity contribution in [3.05, 3.63) is 101 Å². The Kier molecular flexibility index (Phi) is 8.49. The standard InChI is InChI=1S/C28H23F4NO3/c1-18(2)22(14-12-19-8-6-7-11-23(19)28(30,31)32)27(34)36-26(17-33)20-13-15-24(29)25(16-20)35-21-9-4-3-5-10-21/h3-16,18,22,26H,1-2H3. The second kappa shape index (κ2) is 11.5. The molecule has 36 heavy (non-hydrogen) atoms. The summed E-state index contributed by atoms with van der Waals surface area (Å²) in [5.74, 6) is -2.51. The van der Waals surface area contributed by atoms with Crippen LogP contribution in [-0.4, -0.2) is 5.97 Å². The third-order valence-electron chi connectivity index (χ3n) is 5.32. The lowest BCUT2D eigenvalue weighted by molar-refractivity contribution is -0.151. The van der Waals surface area contributed by atoms with Crippen molar-refractivity contribution in [2.75, 3.05) is 0 Å². The molecule has 0 spiro atoms. The molecule has 3 aromatic rings. The highest BCUT2D eigenvalue weighted by molar-refractivity contribution is 5.77. The molecule has 2 unspecified atom stereocenters. The predicted molar refractivity (Wildman–Crippen MR) is 126 cm³/mol. The van der Waals surface area contributed by atoms with Crippen LogP contribution < -0.4 is 4.74 Å². The summed E-state index contributed by atoms with van der Waals surface area (Å²) >= 11 is 0. The lowest BCUT2D eigenvalue weighted by atomic mass is 9.94. The second-order valence-electron chi connectivity index (χ2n) is 8.26. The molecule has 2 atom stereocenters. The highest BCUT2D eigenvalue weighted by atomic mass is 19.4. The van der Waals surface area contributed by atoms with Crippen LogP contribution in [0.25, 0.3) is 6.08 Å². The fourth-order valence-corrected chi connectivity index (χ4v) is 3.42. The number of alkyl halides is 3. The molecule has 0 N–H and O–H groups in total. The van der Waals surface area contributed by atoms with Crippen molar-refractivity contribution in [2.45, 2.75) is 26.1 Å². The van der Waals surface area contributed by atoms with Crippen molar-refractivity contribution in [1.29, 1.82) is 5.26 Å². The molecular weight excluding hydrogens is 474 g/mol. The molecule has 0 amide bonds. The van der Waals surface area contributed by atoms with Crippen molar-refractivity contribution in [2.24, 2.45) is 11.8 Å². The van der Waals surface area contributed by atoms with Gasteiger partial charge in [0.25, 0.3) is 0 Å². The molecule has 0 saturated carbocycles. The average molecular weight is 497 g/mol. The van der Waals surface area contributed by atoms with Gasteiger partial charge in [0.2, 0.25) is 6.10 Å². The molecule has 186 valence electrons. The van der Waals surface area contributed by atoms with Gasteiger partial charge in [-0.05, 0) is 41.8 Å². The lowest BCUT2D eigenvalue weighted by Crippen LogP contribution is -2.22. The van der Waals surface area contributed by atoms with Gasteiger partial charge in [0.15, 0.2) is 11.6 Å². The van der Waals surface area contributed by atoms with E-state index in [0.717, 1.165) is 12.1 Å². The molecule has 0 aromatic heterocycles. The zero-order valence-corrected chi connectivity index (χ0v) is 19.5. The van der Waals surface area contributed by atoms with E-state index >= 15 is 0 Å². The van der Waals surface area contributed by atoms with Gasteiger partial charge in [0.05, 0.1) is 11.5 Å². The van der Waals surface area contributed by atoms with Crippen LogP contribution in [-0.2, 0) is 15.7 Å². The Morgan fingerprint density at radius 2 is 1.67 bits per heavy atom. The van der Waals surface area contributed by atoms with E-state index in [1.807, 2.05) is 6.07 Å². The fourth-order valence-electron chi connectivity index (χ4n) is 3.42. The molecule has 0 aliphatic carbocycles. The van der Waals surface area contributed by atoms with Crippen molar-refractivity contribution < 1.29 is 31.8 Å². The first kappa shape index (κ1) is 26.5. The Hall–Kier alpha value is -4.12. The number of nitrogens with zero attached hydrogens (tertiary/aromatic N) is 1. The summed E-state index contributed by atoms with van der Waals surface area (Å²) in [6.45, 7) is 3.41. The smallest absolute Gasteiger partial charge is 0.416 e. The van der Waals surface area contributed by atoms with Crippen LogP contribution in [0, 0.1) is 29.0 Å². The maximum atomic E-state index is 14.3. The summed E-state index contributed by atoms with van der Waals surface area (Å²) in [6, 6.07) is 19.0. The number of esters is 1. The number of hydrogen-bond acceptors (Lipinski definition) is 4. The zero-order chi connectivity index (χ0) is 26.3. The predicted octanol–water partition coefficient (Wildman–Crippen LogP) is 7.73. The Morgan fingerprint density at radius 1 is 1.00 bits per heavy atom. The van der Waals surface area contributed by atoms with Crippen LogP contribution in [0.4, 0.5) is 17.6 Å². The zero-order valence-electron chi connectivity index (χ0n) is 19.5. The van der Waals surface area contributed by atoms with E-state index in [4.69, 9.17) is 9.47 Å². The number of ether oxygens (including phenoxy) is 2. The molecule has 0 bridgehead atoms. The molecular formula is C28H23F4NO3. The molecule has 0 aliphatic heterocycles. The Labute approximate surface area is 206 Å². The van der Waals surface area contributed by atoms with E-state index in [9.17, 15) is 27.6 Å². The van der Waals surface area contributed by atoms with Crippen molar-refractivity contribution in [3.8, 4) is 17.6 Å². The summed E-state index contributed by atoms with van der Waals surface area (Å²) < 4.78 is 65.1. The number of hydrogen-bond donors (Lipinski definition) is 0. The number of halogens is 4. The third-order valence-corrected chi connectivity index (χ3v) is 5.32. The van der Waals surface area contributed by atoms with E-state index in [0.29, 0.717) is 5.75 Å². The molecule has 8 heteroatoms. The normalized spacial score (nSPS) is 13.3. The van der Waals surface area contributed by atoms with Crippen LogP contribution in [0.2, 0.25) is 0 Å². The first-order chi connectivity index (χ1) is 17.1. The maximum absolute atomic E-state index is 14.3. The number of para-hydroxylation sites is 1. The van der Waals surface area contributed by atoms with Gasteiger partial charge >= 0.3 is 12.1 Å². The van der Waals surface area contributed by atoms with Crippen LogP contribution in [0.15, 0.2) is 78.9 Å². The third kappa shape index (κ3) is 6.72. The topological polar surface area (TPSA) is 59.3 Å². The van der Waals surface area contributed by atoms with Crippen molar-refractivity contribution in [1.82, 2.24) is 0 Å². The van der Waals surface area contributed by atoms with E-state index in [-0.39, 0.29) is 22.8 Å². The van der Waals surface area contributed by atoms with Gasteiger partial charge < -0.3 is 9.47 Å². The SMILES string of the molecule is CC(C)C(C=Cc1ccccc1C(F)(F)F)C(=O)OC(C#N)c1ccc(F)c(Oc2ccccc2)c1. The van der Waals surface area contributed by atoms with E-state index in [1.165, 1.54) is 42.5 Å². The number of rotatable bonds is 8. The van der Waals surface area contributed by atoms with E-state index in [2.05, 4.69) is 0 Å². The van der Waals surface area contributed by atoms with Crippen molar-refractivity contribution >= 4 is 12.0 Å². The summed E-state index contributed by atoms with van der Waals surface area (Å²) in [5, 5.41) is 9.63. The van der Waals surface area contributed by atoms with E-state index < -0.39 is 35.5 Å². The summed E-state index contributed by atoms with van der Waals surface area (Å²) in [6.07, 6.45) is -3.38. The van der Waals surface area contributed by atoms with Gasteiger partial charge in [-0.15, -0.1) is 0 Å². The number of carbonyl (C=O) groups excluding carboxylic acids is 1. The van der Waals surface area contributed by atoms with Crippen LogP contribution in [0.1, 0.15) is 36.6 Å². The highest BCUT2D eigenvalue weighted by Crippen LogP contribution is 2.33. The number of carbonyl (C=O) groups is 1. The van der Waals surface area contributed by atoms with Crippen LogP contribution in [0.3, 0.4) is 0 Å². The minimum Gasteiger partial charge on any atom is -0.454 e. The molecule has 0 heterocycles. The van der Waals surface area contributed by atoms with Gasteiger partial charge in [0.1, 0.15) is 11.8 Å². The van der Waals surface area contributed by atoms with E-state index in [1.54, 1.807) is 44.2 Å². The highest BCUT2D eigenvalue weighted by Gasteiger charge is 2.32. The monoisotopic (exact) mass is 497 g/mol. The van der Waals surface area contributed by atoms with Gasteiger partial charge in [-0.3, -0.25) is 4.79 Å². The molecule has 4 nitrogen and oxygen atoms in total. The maximum Gasteiger partial charge on any atom is 0.416 e. The first-order valence-corrected chi connectivity index (χ1v) is 11.1. The van der Waals surface area contributed by atoms with Gasteiger partial charge in [-0.25, -0.2) is 4.39 Å². The van der Waals surface area contributed by atoms with Crippen LogP contribution >= 0.6 is 0 Å². The van der Waals surface area contributed by atoms with Gasteiger partial charge in [-0.1, -0.05) is 68.5 Å². The summed E-state index contributed by atoms with van der Waals surface area (Å²) in [5.41, 5.74) is -0.738. The summed E-state index contributed by atoms with van der Waals surface area (Å²) in [7, 11) is 0. The number of benzene rings is 3. The summed E-state index contributed by atoms with van der Waals surface area (Å²) in [4.78, 5) is 12.9. The van der Waals surface area contributed by atoms with Crippen LogP contribution in [0.5, 0.6) is 11.5 Å². The molecule has 0 radical (unpaired) electrons. The minimum atomic E-state index is -4.55. The Balaban J connectivity index is 1.81. The Morgan fingerprint density at radius 3 is 2.31 bits per heavy atom. The second-order valence-corrected chi connectivity index (χ2v) is 8.26. The fraction of sp³-hybridized carbons (Fsp3) is 0.214. The molecule has 0 aliphatic rings. The first-order valence-electron chi connectivity index (χ1n) is 11.1. The van der Waals surface area contributed by atoms with Crippen molar-refractivity contribution in [3.63, 3.8) is 0 Å². The minimum absolute atomic E-state index is 0.0958. The molecule has 0 fully saturated rings. The molecule has 0 saturated heterocycles. The quantitative estimate of drug-likeness (QED) is 0.236.